The molecular formula is C27H30N2O5. The Morgan fingerprint density at radius 2 is 1.76 bits per heavy atom. The number of morpholine rings is 1. The number of fused-ring (bicyclic) bond motifs is 2. The van der Waals surface area contributed by atoms with Gasteiger partial charge in [0.05, 0.1) is 37.3 Å². The minimum atomic E-state index is -0.479. The highest BCUT2D eigenvalue weighted by Gasteiger charge is 2.42. The zero-order valence-corrected chi connectivity index (χ0v) is 19.9. The quantitative estimate of drug-likeness (QED) is 0.555. The maximum Gasteiger partial charge on any atom is 0.290 e. The van der Waals surface area contributed by atoms with Gasteiger partial charge in [-0.25, -0.2) is 0 Å². The van der Waals surface area contributed by atoms with E-state index in [0.717, 1.165) is 18.7 Å². The van der Waals surface area contributed by atoms with Crippen molar-refractivity contribution in [1.82, 2.24) is 9.80 Å². The largest absolute Gasteiger partial charge is 0.497 e. The number of rotatable bonds is 6. The summed E-state index contributed by atoms with van der Waals surface area (Å²) in [6.07, 6.45) is 0. The van der Waals surface area contributed by atoms with Crippen LogP contribution in [0.1, 0.15) is 53.1 Å². The summed E-state index contributed by atoms with van der Waals surface area (Å²) in [5, 5.41) is 0.450. The fourth-order valence-electron chi connectivity index (χ4n) is 4.84. The van der Waals surface area contributed by atoms with Gasteiger partial charge >= 0.3 is 0 Å². The highest BCUT2D eigenvalue weighted by molar-refractivity contribution is 5.99. The van der Waals surface area contributed by atoms with Crippen molar-refractivity contribution in [3.63, 3.8) is 0 Å². The lowest BCUT2D eigenvalue weighted by atomic mass is 9.95. The highest BCUT2D eigenvalue weighted by atomic mass is 16.5. The van der Waals surface area contributed by atoms with E-state index in [1.54, 1.807) is 30.2 Å². The number of amides is 1. The second-order valence-corrected chi connectivity index (χ2v) is 9.21. The van der Waals surface area contributed by atoms with E-state index in [0.29, 0.717) is 54.5 Å². The molecule has 7 heteroatoms. The Kier molecular flexibility index (Phi) is 6.15. The zero-order chi connectivity index (χ0) is 23.8. The number of carbonyl (C=O) groups excluding carboxylic acids is 1. The maximum absolute atomic E-state index is 13.7. The van der Waals surface area contributed by atoms with Gasteiger partial charge in [-0.15, -0.1) is 0 Å². The standard InChI is InChI=1S/C27H30N2O5/c1-17(2)18-4-6-19(7-5-18)24-23-25(30)21-9-8-20(32-3)16-22(21)34-26(23)27(31)29(24)11-10-28-12-14-33-15-13-28/h4-9,16-17,24H,10-15H2,1-3H3/t24-/m0/s1. The molecule has 0 unspecified atom stereocenters. The lowest BCUT2D eigenvalue weighted by Gasteiger charge is -2.31. The molecule has 0 saturated carbocycles. The van der Waals surface area contributed by atoms with Crippen LogP contribution in [-0.4, -0.2) is 62.2 Å². The van der Waals surface area contributed by atoms with E-state index < -0.39 is 6.04 Å². The molecule has 5 rings (SSSR count). The molecule has 1 amide bonds. The van der Waals surface area contributed by atoms with Crippen LogP contribution in [-0.2, 0) is 4.74 Å². The number of benzene rings is 2. The van der Waals surface area contributed by atoms with E-state index in [-0.39, 0.29) is 17.1 Å². The number of ether oxygens (including phenoxy) is 2. The Morgan fingerprint density at radius 1 is 1.03 bits per heavy atom. The summed E-state index contributed by atoms with van der Waals surface area (Å²) in [4.78, 5) is 31.3. The SMILES string of the molecule is COc1ccc2c(=O)c3c(oc2c1)C(=O)N(CCN1CCOCC1)[C@H]3c1ccc(C(C)C)cc1. The Balaban J connectivity index is 1.59. The molecule has 2 aromatic carbocycles. The molecular weight excluding hydrogens is 432 g/mol. The van der Waals surface area contributed by atoms with E-state index in [1.165, 1.54) is 5.56 Å². The maximum atomic E-state index is 13.7. The summed E-state index contributed by atoms with van der Waals surface area (Å²) in [5.41, 5.74) is 2.74. The Morgan fingerprint density at radius 3 is 2.44 bits per heavy atom. The average molecular weight is 463 g/mol. The normalized spacial score (nSPS) is 18.6. The number of hydrogen-bond donors (Lipinski definition) is 0. The fraction of sp³-hybridized carbons (Fsp3) is 0.407. The summed E-state index contributed by atoms with van der Waals surface area (Å²) in [7, 11) is 1.56. The molecule has 3 aromatic rings. The topological polar surface area (TPSA) is 72.2 Å². The van der Waals surface area contributed by atoms with Gasteiger partial charge in [0.15, 0.2) is 5.43 Å². The monoisotopic (exact) mass is 462 g/mol. The van der Waals surface area contributed by atoms with Crippen LogP contribution >= 0.6 is 0 Å². The molecule has 7 nitrogen and oxygen atoms in total. The minimum absolute atomic E-state index is 0.130. The Hall–Kier alpha value is -3.16. The molecule has 1 atom stereocenters. The van der Waals surface area contributed by atoms with E-state index >= 15 is 0 Å². The van der Waals surface area contributed by atoms with E-state index in [9.17, 15) is 9.59 Å². The first-order chi connectivity index (χ1) is 16.5. The first-order valence-corrected chi connectivity index (χ1v) is 11.8. The van der Waals surface area contributed by atoms with Crippen molar-refractivity contribution in [3.8, 4) is 5.75 Å². The lowest BCUT2D eigenvalue weighted by Crippen LogP contribution is -2.42. The van der Waals surface area contributed by atoms with Crippen LogP contribution in [0.3, 0.4) is 0 Å². The number of nitrogens with zero attached hydrogens (tertiary/aromatic N) is 2. The predicted molar refractivity (Wildman–Crippen MR) is 130 cm³/mol. The second kappa shape index (κ2) is 9.24. The molecule has 0 spiro atoms. The van der Waals surface area contributed by atoms with E-state index in [2.05, 4.69) is 30.9 Å². The molecule has 0 radical (unpaired) electrons. The molecule has 2 aliphatic rings. The third-order valence-electron chi connectivity index (χ3n) is 6.85. The molecule has 0 bridgehead atoms. The molecule has 1 aromatic heterocycles. The van der Waals surface area contributed by atoms with Crippen molar-refractivity contribution in [3.05, 3.63) is 75.1 Å². The van der Waals surface area contributed by atoms with Crippen LogP contribution < -0.4 is 10.2 Å². The molecule has 0 aliphatic carbocycles. The summed E-state index contributed by atoms with van der Waals surface area (Å²) >= 11 is 0. The molecule has 2 aliphatic heterocycles. The van der Waals surface area contributed by atoms with Crippen molar-refractivity contribution in [2.45, 2.75) is 25.8 Å². The van der Waals surface area contributed by atoms with Crippen molar-refractivity contribution in [2.24, 2.45) is 0 Å². The summed E-state index contributed by atoms with van der Waals surface area (Å²) < 4.78 is 16.8. The molecule has 0 N–H and O–H groups in total. The van der Waals surface area contributed by atoms with Crippen LogP contribution in [0, 0.1) is 0 Å². The Labute approximate surface area is 198 Å². The first-order valence-electron chi connectivity index (χ1n) is 11.8. The van der Waals surface area contributed by atoms with Gasteiger partial charge in [-0.2, -0.15) is 0 Å². The summed E-state index contributed by atoms with van der Waals surface area (Å²) in [5.74, 6) is 0.854. The zero-order valence-electron chi connectivity index (χ0n) is 19.9. The third kappa shape index (κ3) is 3.99. The molecule has 34 heavy (non-hydrogen) atoms. The second-order valence-electron chi connectivity index (χ2n) is 9.21. The summed E-state index contributed by atoms with van der Waals surface area (Å²) in [6, 6.07) is 12.8. The van der Waals surface area contributed by atoms with Crippen molar-refractivity contribution in [1.29, 1.82) is 0 Å². The van der Waals surface area contributed by atoms with Gasteiger partial charge in [0.1, 0.15) is 11.3 Å². The average Bonchev–Trinajstić information content (AvgIpc) is 3.14. The van der Waals surface area contributed by atoms with Gasteiger partial charge in [0.2, 0.25) is 5.76 Å². The van der Waals surface area contributed by atoms with Crippen LogP contribution in [0.5, 0.6) is 5.75 Å². The van der Waals surface area contributed by atoms with Gasteiger partial charge in [0, 0.05) is 32.2 Å². The van der Waals surface area contributed by atoms with Crippen LogP contribution in [0.25, 0.3) is 11.0 Å². The smallest absolute Gasteiger partial charge is 0.290 e. The summed E-state index contributed by atoms with van der Waals surface area (Å²) in [6.45, 7) is 8.57. The van der Waals surface area contributed by atoms with Crippen LogP contribution in [0.15, 0.2) is 51.7 Å². The first kappa shape index (κ1) is 22.6. The lowest BCUT2D eigenvalue weighted by molar-refractivity contribution is 0.0314. The van der Waals surface area contributed by atoms with Crippen molar-refractivity contribution >= 4 is 16.9 Å². The van der Waals surface area contributed by atoms with Crippen molar-refractivity contribution in [2.75, 3.05) is 46.5 Å². The minimum Gasteiger partial charge on any atom is -0.497 e. The van der Waals surface area contributed by atoms with Gasteiger partial charge in [0.25, 0.3) is 5.91 Å². The number of hydrogen-bond acceptors (Lipinski definition) is 6. The van der Waals surface area contributed by atoms with Gasteiger partial charge in [-0.3, -0.25) is 14.5 Å². The van der Waals surface area contributed by atoms with Gasteiger partial charge in [-0.05, 0) is 29.2 Å². The van der Waals surface area contributed by atoms with Crippen LogP contribution in [0.2, 0.25) is 0 Å². The van der Waals surface area contributed by atoms with Gasteiger partial charge < -0.3 is 18.8 Å². The predicted octanol–water partition coefficient (Wildman–Crippen LogP) is 3.80. The van der Waals surface area contributed by atoms with Gasteiger partial charge in [-0.1, -0.05) is 38.1 Å². The third-order valence-corrected chi connectivity index (χ3v) is 6.85. The molecule has 3 heterocycles. The number of carbonyl (C=O) groups is 1. The number of methoxy groups -OCH3 is 1. The van der Waals surface area contributed by atoms with Crippen LogP contribution in [0.4, 0.5) is 0 Å². The van der Waals surface area contributed by atoms with Crippen molar-refractivity contribution < 1.29 is 18.7 Å². The Bertz CT molecular complexity index is 1260. The highest BCUT2D eigenvalue weighted by Crippen LogP contribution is 2.38. The fourth-order valence-corrected chi connectivity index (χ4v) is 4.84. The van der Waals surface area contributed by atoms with E-state index in [1.807, 2.05) is 12.1 Å². The van der Waals surface area contributed by atoms with E-state index in [4.69, 9.17) is 13.9 Å². The molecule has 1 saturated heterocycles. The molecule has 178 valence electrons. The molecule has 1 fully saturated rings.